The molecule has 0 saturated carbocycles. The third-order valence-electron chi connectivity index (χ3n) is 3.66. The van der Waals surface area contributed by atoms with Crippen LogP contribution < -0.4 is 10.2 Å². The molecule has 1 amide bonds. The second kappa shape index (κ2) is 9.46. The van der Waals surface area contributed by atoms with Crippen LogP contribution in [0.4, 0.5) is 5.69 Å². The molecule has 0 aliphatic carbocycles. The maximum Gasteiger partial charge on any atom is 0.379 e. The fourth-order valence-electron chi connectivity index (χ4n) is 2.28. The monoisotopic (exact) mass is 535 g/mol. The number of hydrazone groups is 1. The van der Waals surface area contributed by atoms with Gasteiger partial charge in [-0.3, -0.25) is 14.9 Å². The lowest BCUT2D eigenvalue weighted by atomic mass is 10.2. The molecule has 9 nitrogen and oxygen atoms in total. The largest absolute Gasteiger partial charge is 0.457 e. The third-order valence-corrected chi connectivity index (χ3v) is 4.71. The van der Waals surface area contributed by atoms with Crippen LogP contribution in [-0.2, 0) is 0 Å². The molecule has 30 heavy (non-hydrogen) atoms. The predicted molar refractivity (Wildman–Crippen MR) is 114 cm³/mol. The summed E-state index contributed by atoms with van der Waals surface area (Å²) in [6.07, 6.45) is 2.65. The van der Waals surface area contributed by atoms with Gasteiger partial charge in [0.1, 0.15) is 0 Å². The van der Waals surface area contributed by atoms with E-state index in [1.54, 1.807) is 18.2 Å². The minimum absolute atomic E-state index is 0.0270. The predicted octanol–water partition coefficient (Wildman–Crippen LogP) is 4.70. The van der Waals surface area contributed by atoms with Gasteiger partial charge in [-0.15, -0.1) is 0 Å². The smallest absolute Gasteiger partial charge is 0.379 e. The number of nitrogens with zero attached hydrogens (tertiary/aromatic N) is 2. The average Bonchev–Trinajstić information content (AvgIpc) is 3.25. The number of nitro benzene ring substituents is 1. The van der Waals surface area contributed by atoms with Crippen LogP contribution >= 0.6 is 31.9 Å². The maximum atomic E-state index is 12.2. The number of non-ortho nitro benzene ring substituents is 1. The van der Waals surface area contributed by atoms with E-state index in [0.717, 1.165) is 0 Å². The first-order chi connectivity index (χ1) is 14.3. The van der Waals surface area contributed by atoms with Crippen molar-refractivity contribution in [2.24, 2.45) is 5.10 Å². The Labute approximate surface area is 186 Å². The number of nitrogens with one attached hydrogen (secondary N) is 1. The topological polar surface area (TPSA) is 124 Å². The second-order valence-electron chi connectivity index (χ2n) is 5.68. The fourth-order valence-corrected chi connectivity index (χ4v) is 3.62. The molecule has 0 spiro atoms. The summed E-state index contributed by atoms with van der Waals surface area (Å²) >= 11 is 6.66. The molecule has 0 unspecified atom stereocenters. The number of nitro groups is 1. The molecule has 152 valence electrons. The van der Waals surface area contributed by atoms with Crippen LogP contribution in [0.2, 0.25) is 0 Å². The number of benzene rings is 2. The molecule has 0 radical (unpaired) electrons. The average molecular weight is 537 g/mol. The molecule has 1 N–H and O–H groups in total. The number of amides is 1. The van der Waals surface area contributed by atoms with Gasteiger partial charge >= 0.3 is 5.97 Å². The Balaban J connectivity index is 1.76. The lowest BCUT2D eigenvalue weighted by Crippen LogP contribution is -2.17. The molecule has 0 fully saturated rings. The molecule has 0 saturated heterocycles. The number of ether oxygens (including phenoxy) is 1. The van der Waals surface area contributed by atoms with E-state index in [1.165, 1.54) is 42.8 Å². The Morgan fingerprint density at radius 3 is 2.53 bits per heavy atom. The lowest BCUT2D eigenvalue weighted by Gasteiger charge is -2.09. The fraction of sp³-hybridized carbons (Fsp3) is 0. The van der Waals surface area contributed by atoms with E-state index in [2.05, 4.69) is 42.4 Å². The number of hydrogen-bond donors (Lipinski definition) is 1. The molecule has 0 aliphatic heterocycles. The number of carbonyl (C=O) groups is 2. The van der Waals surface area contributed by atoms with Crippen LogP contribution in [0.3, 0.4) is 0 Å². The van der Waals surface area contributed by atoms with E-state index in [-0.39, 0.29) is 22.8 Å². The zero-order valence-corrected chi connectivity index (χ0v) is 18.0. The Morgan fingerprint density at radius 2 is 1.90 bits per heavy atom. The summed E-state index contributed by atoms with van der Waals surface area (Å²) in [4.78, 5) is 34.5. The van der Waals surface area contributed by atoms with E-state index in [4.69, 9.17) is 9.15 Å². The highest BCUT2D eigenvalue weighted by Crippen LogP contribution is 2.32. The third kappa shape index (κ3) is 5.19. The lowest BCUT2D eigenvalue weighted by molar-refractivity contribution is -0.384. The molecule has 1 aromatic heterocycles. The number of furan rings is 1. The van der Waals surface area contributed by atoms with Gasteiger partial charge in [0.15, 0.2) is 5.75 Å². The first-order valence-electron chi connectivity index (χ1n) is 8.17. The Kier molecular flexibility index (Phi) is 6.75. The van der Waals surface area contributed by atoms with Gasteiger partial charge in [0.2, 0.25) is 5.76 Å². The quantitative estimate of drug-likeness (QED) is 0.160. The summed E-state index contributed by atoms with van der Waals surface area (Å²) in [6.45, 7) is 0. The summed E-state index contributed by atoms with van der Waals surface area (Å²) in [5.41, 5.74) is 2.77. The minimum atomic E-state index is -0.701. The van der Waals surface area contributed by atoms with Crippen molar-refractivity contribution < 1.29 is 23.7 Å². The van der Waals surface area contributed by atoms with Crippen LogP contribution in [0.1, 0.15) is 26.5 Å². The molecule has 3 rings (SSSR count). The first kappa shape index (κ1) is 21.4. The standard InChI is InChI=1S/C19H11Br2N3O6/c20-13-8-12(17(15(21)9-13)30-19(26)16-2-1-7-29-16)10-22-23-18(25)11-3-5-14(6-4-11)24(27)28/h1-10H,(H,23,25)/b22-10-. The van der Waals surface area contributed by atoms with Crippen molar-refractivity contribution in [1.82, 2.24) is 5.43 Å². The van der Waals surface area contributed by atoms with Crippen molar-refractivity contribution in [3.8, 4) is 5.75 Å². The molecule has 3 aromatic rings. The van der Waals surface area contributed by atoms with Gasteiger partial charge in [0.05, 0.1) is 21.9 Å². The van der Waals surface area contributed by atoms with Crippen LogP contribution in [0.25, 0.3) is 0 Å². The van der Waals surface area contributed by atoms with Gasteiger partial charge in [0, 0.05) is 27.7 Å². The zero-order chi connectivity index (χ0) is 21.7. The van der Waals surface area contributed by atoms with E-state index in [0.29, 0.717) is 14.5 Å². The molecule has 2 aromatic carbocycles. The van der Waals surface area contributed by atoms with E-state index in [9.17, 15) is 19.7 Å². The van der Waals surface area contributed by atoms with Gasteiger partial charge in [-0.25, -0.2) is 10.2 Å². The van der Waals surface area contributed by atoms with Gasteiger partial charge in [-0.1, -0.05) is 15.9 Å². The van der Waals surface area contributed by atoms with E-state index < -0.39 is 16.8 Å². The Hall–Kier alpha value is -3.31. The van der Waals surface area contributed by atoms with Crippen molar-refractivity contribution in [2.75, 3.05) is 0 Å². The molecular weight excluding hydrogens is 526 g/mol. The minimum Gasteiger partial charge on any atom is -0.457 e. The summed E-state index contributed by atoms with van der Waals surface area (Å²) in [7, 11) is 0. The molecule has 11 heteroatoms. The van der Waals surface area contributed by atoms with E-state index in [1.807, 2.05) is 0 Å². The number of rotatable bonds is 6. The van der Waals surface area contributed by atoms with Crippen molar-refractivity contribution in [2.45, 2.75) is 0 Å². The summed E-state index contributed by atoms with van der Waals surface area (Å²) in [6, 6.07) is 11.4. The van der Waals surface area contributed by atoms with Crippen molar-refractivity contribution >= 4 is 55.6 Å². The normalized spacial score (nSPS) is 10.7. The van der Waals surface area contributed by atoms with Crippen LogP contribution in [0, 0.1) is 10.1 Å². The van der Waals surface area contributed by atoms with Crippen molar-refractivity contribution in [3.05, 3.63) is 90.7 Å². The summed E-state index contributed by atoms with van der Waals surface area (Å²) in [5, 5.41) is 14.6. The molecule has 1 heterocycles. The Morgan fingerprint density at radius 1 is 1.17 bits per heavy atom. The molecule has 0 atom stereocenters. The van der Waals surface area contributed by atoms with Crippen LogP contribution in [0.5, 0.6) is 5.75 Å². The van der Waals surface area contributed by atoms with Crippen LogP contribution in [-0.4, -0.2) is 23.0 Å². The van der Waals surface area contributed by atoms with Crippen molar-refractivity contribution in [3.63, 3.8) is 0 Å². The molecule has 0 bridgehead atoms. The number of esters is 1. The van der Waals surface area contributed by atoms with Gasteiger partial charge in [-0.2, -0.15) is 5.10 Å². The van der Waals surface area contributed by atoms with E-state index >= 15 is 0 Å². The first-order valence-corrected chi connectivity index (χ1v) is 9.76. The van der Waals surface area contributed by atoms with Crippen LogP contribution in [0.15, 0.2) is 73.3 Å². The zero-order valence-electron chi connectivity index (χ0n) is 14.9. The molecular formula is C19H11Br2N3O6. The highest BCUT2D eigenvalue weighted by Gasteiger charge is 2.17. The number of halogens is 2. The summed E-state index contributed by atoms with van der Waals surface area (Å²) < 4.78 is 11.6. The number of carbonyl (C=O) groups excluding carboxylic acids is 2. The van der Waals surface area contributed by atoms with Crippen molar-refractivity contribution in [1.29, 1.82) is 0 Å². The second-order valence-corrected chi connectivity index (χ2v) is 7.45. The Bertz CT molecular complexity index is 1130. The highest BCUT2D eigenvalue weighted by atomic mass is 79.9. The SMILES string of the molecule is O=C(N/N=C\c1cc(Br)cc(Br)c1OC(=O)c1ccco1)c1ccc([N+](=O)[O-])cc1. The van der Waals surface area contributed by atoms with Gasteiger partial charge in [-0.05, 0) is 52.3 Å². The summed E-state index contributed by atoms with van der Waals surface area (Å²) in [5.74, 6) is -1.07. The molecule has 0 aliphatic rings. The maximum absolute atomic E-state index is 12.2. The highest BCUT2D eigenvalue weighted by molar-refractivity contribution is 9.11. The number of hydrogen-bond acceptors (Lipinski definition) is 7. The van der Waals surface area contributed by atoms with Gasteiger partial charge in [0.25, 0.3) is 11.6 Å². The van der Waals surface area contributed by atoms with Gasteiger partial charge < -0.3 is 9.15 Å².